The van der Waals surface area contributed by atoms with E-state index >= 15 is 0 Å². The van der Waals surface area contributed by atoms with Gasteiger partial charge in [0.1, 0.15) is 11.3 Å². The van der Waals surface area contributed by atoms with Crippen LogP contribution in [0.2, 0.25) is 0 Å². The van der Waals surface area contributed by atoms with E-state index < -0.39 is 5.97 Å². The molecule has 0 saturated carbocycles. The Balaban J connectivity index is 1.56. The molecule has 0 spiro atoms. The highest BCUT2D eigenvalue weighted by molar-refractivity contribution is 8.00. The van der Waals surface area contributed by atoms with Gasteiger partial charge in [-0.05, 0) is 36.6 Å². The minimum Gasteiger partial charge on any atom is -0.478 e. The highest BCUT2D eigenvalue weighted by atomic mass is 32.2. The van der Waals surface area contributed by atoms with Crippen LogP contribution in [0.5, 0.6) is 0 Å². The van der Waals surface area contributed by atoms with Crippen LogP contribution in [0, 0.1) is 0 Å². The number of carboxylic acid groups (broad SMARTS) is 1. The van der Waals surface area contributed by atoms with Gasteiger partial charge >= 0.3 is 5.97 Å². The van der Waals surface area contributed by atoms with E-state index in [4.69, 9.17) is 9.52 Å². The number of nitrogens with one attached hydrogen (secondary N) is 1. The van der Waals surface area contributed by atoms with Crippen LogP contribution in [-0.4, -0.2) is 21.3 Å². The van der Waals surface area contributed by atoms with Gasteiger partial charge in [0.25, 0.3) is 0 Å². The van der Waals surface area contributed by atoms with Crippen LogP contribution in [0.4, 0.5) is 10.8 Å². The number of aromatic carboxylic acids is 1. The Morgan fingerprint density at radius 3 is 2.81 bits per heavy atom. The Kier molecular flexibility index (Phi) is 6.30. The number of unbranched alkanes of at least 4 members (excludes halogenated alkanes) is 1. The monoisotopic (exact) mass is 389 g/mol. The number of benzene rings is 1. The van der Waals surface area contributed by atoms with Crippen molar-refractivity contribution in [2.45, 2.75) is 36.3 Å². The average molecular weight is 390 g/mol. The summed E-state index contributed by atoms with van der Waals surface area (Å²) in [6.07, 6.45) is 4.87. The first-order chi connectivity index (χ1) is 12.7. The molecule has 0 bridgehead atoms. The molecule has 3 rings (SSSR count). The summed E-state index contributed by atoms with van der Waals surface area (Å²) in [4.78, 5) is 11.1. The first kappa shape index (κ1) is 18.5. The number of aromatic nitrogens is 2. The Morgan fingerprint density at radius 1 is 1.27 bits per heavy atom. The molecule has 2 heterocycles. The second kappa shape index (κ2) is 8.86. The van der Waals surface area contributed by atoms with E-state index in [1.54, 1.807) is 0 Å². The fourth-order valence-electron chi connectivity index (χ4n) is 2.35. The summed E-state index contributed by atoms with van der Waals surface area (Å²) in [6, 6.07) is 9.79. The van der Waals surface area contributed by atoms with Gasteiger partial charge in [0.15, 0.2) is 4.34 Å². The van der Waals surface area contributed by atoms with Gasteiger partial charge in [-0.3, -0.25) is 0 Å². The number of anilines is 2. The van der Waals surface area contributed by atoms with Crippen LogP contribution in [-0.2, 0) is 12.2 Å². The molecule has 3 aromatic rings. The zero-order valence-electron chi connectivity index (χ0n) is 14.3. The summed E-state index contributed by atoms with van der Waals surface area (Å²) < 4.78 is 5.98. The molecule has 6 nitrogen and oxygen atoms in total. The molecule has 0 saturated heterocycles. The van der Waals surface area contributed by atoms with Crippen molar-refractivity contribution in [3.63, 3.8) is 0 Å². The summed E-state index contributed by atoms with van der Waals surface area (Å²) in [5, 5.41) is 21.3. The lowest BCUT2D eigenvalue weighted by atomic mass is 10.1. The molecular weight excluding hydrogens is 370 g/mol. The second-order valence-electron chi connectivity index (χ2n) is 5.65. The lowest BCUT2D eigenvalue weighted by molar-refractivity contribution is 0.0695. The number of aryl methyl sites for hydroxylation is 1. The minimum absolute atomic E-state index is 0.184. The van der Waals surface area contributed by atoms with Crippen molar-refractivity contribution in [3.8, 4) is 0 Å². The van der Waals surface area contributed by atoms with E-state index in [1.165, 1.54) is 53.8 Å². The number of hydrogen-bond donors (Lipinski definition) is 2. The molecule has 26 heavy (non-hydrogen) atoms. The first-order valence-corrected chi connectivity index (χ1v) is 10.1. The number of thioether (sulfide) groups is 1. The normalized spacial score (nSPS) is 10.8. The summed E-state index contributed by atoms with van der Waals surface area (Å²) in [6.45, 7) is 2.19. The van der Waals surface area contributed by atoms with E-state index in [1.807, 2.05) is 12.1 Å². The summed E-state index contributed by atoms with van der Waals surface area (Å²) in [5.41, 5.74) is 2.49. The predicted octanol–water partition coefficient (Wildman–Crippen LogP) is 5.21. The Bertz CT molecular complexity index is 859. The average Bonchev–Trinajstić information content (AvgIpc) is 3.28. The largest absolute Gasteiger partial charge is 0.478 e. The van der Waals surface area contributed by atoms with Crippen LogP contribution < -0.4 is 5.32 Å². The molecule has 2 N–H and O–H groups in total. The SMILES string of the molecule is CCCCc1ccc(Nc2nnc(SCc3occc3C(=O)O)s2)cc1. The van der Waals surface area contributed by atoms with Gasteiger partial charge in [0.2, 0.25) is 5.13 Å². The van der Waals surface area contributed by atoms with Gasteiger partial charge in [-0.15, -0.1) is 10.2 Å². The van der Waals surface area contributed by atoms with Crippen molar-refractivity contribution in [3.05, 3.63) is 53.5 Å². The molecule has 8 heteroatoms. The third-order valence-electron chi connectivity index (χ3n) is 3.73. The summed E-state index contributed by atoms with van der Waals surface area (Å²) in [7, 11) is 0. The van der Waals surface area contributed by atoms with Crippen molar-refractivity contribution in [2.24, 2.45) is 0 Å². The molecule has 0 fully saturated rings. The maximum Gasteiger partial charge on any atom is 0.339 e. The molecule has 0 amide bonds. The fourth-order valence-corrected chi connectivity index (χ4v) is 4.07. The van der Waals surface area contributed by atoms with Gasteiger partial charge in [-0.1, -0.05) is 48.6 Å². The Hall–Kier alpha value is -2.32. The van der Waals surface area contributed by atoms with E-state index in [2.05, 4.69) is 34.6 Å². The van der Waals surface area contributed by atoms with E-state index in [0.29, 0.717) is 16.6 Å². The second-order valence-corrected chi connectivity index (χ2v) is 7.85. The summed E-state index contributed by atoms with van der Waals surface area (Å²) >= 11 is 2.82. The number of furan rings is 1. The predicted molar refractivity (Wildman–Crippen MR) is 103 cm³/mol. The Labute approximate surface area is 159 Å². The van der Waals surface area contributed by atoms with Gasteiger partial charge in [0.05, 0.1) is 12.0 Å². The molecule has 0 atom stereocenters. The molecule has 0 aliphatic heterocycles. The van der Waals surface area contributed by atoms with E-state index in [-0.39, 0.29) is 5.56 Å². The highest BCUT2D eigenvalue weighted by Crippen LogP contribution is 2.31. The Morgan fingerprint density at radius 2 is 2.08 bits per heavy atom. The van der Waals surface area contributed by atoms with Gasteiger partial charge < -0.3 is 14.8 Å². The maximum atomic E-state index is 11.1. The molecule has 0 aliphatic carbocycles. The van der Waals surface area contributed by atoms with Crippen LogP contribution >= 0.6 is 23.1 Å². The molecule has 136 valence electrons. The smallest absolute Gasteiger partial charge is 0.339 e. The number of carbonyl (C=O) groups is 1. The molecule has 1 aromatic carbocycles. The lowest BCUT2D eigenvalue weighted by Crippen LogP contribution is -1.97. The topological polar surface area (TPSA) is 88.3 Å². The molecular formula is C18H19N3O3S2. The summed E-state index contributed by atoms with van der Waals surface area (Å²) in [5.74, 6) is -0.165. The highest BCUT2D eigenvalue weighted by Gasteiger charge is 2.14. The van der Waals surface area contributed by atoms with Crippen LogP contribution in [0.1, 0.15) is 41.4 Å². The molecule has 0 aliphatic rings. The third kappa shape index (κ3) is 4.86. The van der Waals surface area contributed by atoms with Crippen molar-refractivity contribution in [1.29, 1.82) is 0 Å². The van der Waals surface area contributed by atoms with Crippen molar-refractivity contribution in [1.82, 2.24) is 10.2 Å². The quantitative estimate of drug-likeness (QED) is 0.486. The molecule has 0 unspecified atom stereocenters. The lowest BCUT2D eigenvalue weighted by Gasteiger charge is -2.04. The zero-order valence-corrected chi connectivity index (χ0v) is 15.9. The molecule has 2 aromatic heterocycles. The van der Waals surface area contributed by atoms with Gasteiger partial charge in [-0.2, -0.15) is 0 Å². The van der Waals surface area contributed by atoms with Crippen LogP contribution in [0.25, 0.3) is 0 Å². The van der Waals surface area contributed by atoms with Crippen LogP contribution in [0.15, 0.2) is 45.4 Å². The minimum atomic E-state index is -0.989. The number of hydrogen-bond acceptors (Lipinski definition) is 7. The standard InChI is InChI=1S/C18H19N3O3S2/c1-2-3-4-12-5-7-13(8-6-12)19-17-20-21-18(26-17)25-11-15-14(16(22)23)9-10-24-15/h5-10H,2-4,11H2,1H3,(H,19,20)(H,22,23). The maximum absolute atomic E-state index is 11.1. The van der Waals surface area contributed by atoms with Crippen LogP contribution in [0.3, 0.4) is 0 Å². The fraction of sp³-hybridized carbons (Fsp3) is 0.278. The van der Waals surface area contributed by atoms with Gasteiger partial charge in [-0.25, -0.2) is 4.79 Å². The van der Waals surface area contributed by atoms with E-state index in [9.17, 15) is 4.79 Å². The zero-order chi connectivity index (χ0) is 18.4. The number of nitrogens with zero attached hydrogens (tertiary/aromatic N) is 2. The third-order valence-corrected chi connectivity index (χ3v) is 5.71. The van der Waals surface area contributed by atoms with Crippen molar-refractivity contribution in [2.75, 3.05) is 5.32 Å². The van der Waals surface area contributed by atoms with Crippen molar-refractivity contribution >= 4 is 39.9 Å². The molecule has 0 radical (unpaired) electrons. The van der Waals surface area contributed by atoms with Crippen molar-refractivity contribution < 1.29 is 14.3 Å². The number of rotatable bonds is 9. The van der Waals surface area contributed by atoms with Gasteiger partial charge in [0, 0.05) is 5.69 Å². The first-order valence-electron chi connectivity index (χ1n) is 8.27. The number of carboxylic acids is 1. The van der Waals surface area contributed by atoms with E-state index in [0.717, 1.165) is 16.4 Å².